The molecule has 0 saturated carbocycles. The van der Waals surface area contributed by atoms with Crippen molar-refractivity contribution in [2.75, 3.05) is 5.73 Å². The number of anilines is 1. The Morgan fingerprint density at radius 2 is 1.71 bits per heavy atom. The van der Waals surface area contributed by atoms with Crippen molar-refractivity contribution in [3.05, 3.63) is 81.3 Å². The Balaban J connectivity index is 1.77. The maximum atomic E-state index is 13.6. The van der Waals surface area contributed by atoms with Crippen molar-refractivity contribution >= 4 is 55.8 Å². The van der Waals surface area contributed by atoms with Crippen LogP contribution in [0, 0.1) is 0 Å². The number of amides is 1. The van der Waals surface area contributed by atoms with Crippen LogP contribution in [0.4, 0.5) is 5.13 Å². The quantitative estimate of drug-likeness (QED) is 0.335. The summed E-state index contributed by atoms with van der Waals surface area (Å²) in [5, 5.41) is 21.3. The number of carbonyl (C=O) groups is 1. The molecule has 158 valence electrons. The zero-order chi connectivity index (χ0) is 22.1. The molecule has 0 unspecified atom stereocenters. The molecule has 4 rings (SSSR count). The van der Waals surface area contributed by atoms with E-state index in [1.54, 1.807) is 23.1 Å². The molecule has 0 bridgehead atoms. The Morgan fingerprint density at radius 1 is 1.00 bits per heavy atom. The van der Waals surface area contributed by atoms with Crippen LogP contribution in [0.15, 0.2) is 54.6 Å². The number of benzene rings is 3. The van der Waals surface area contributed by atoms with Gasteiger partial charge in [-0.1, -0.05) is 70.9 Å². The van der Waals surface area contributed by atoms with Crippen molar-refractivity contribution in [2.24, 2.45) is 0 Å². The van der Waals surface area contributed by atoms with Gasteiger partial charge in [0.15, 0.2) is 16.6 Å². The van der Waals surface area contributed by atoms with Crippen LogP contribution in [0.5, 0.6) is 11.5 Å². The maximum absolute atomic E-state index is 13.6. The topological polar surface area (TPSA) is 99.7 Å². The molecule has 0 aliphatic carbocycles. The first-order chi connectivity index (χ1) is 14.8. The number of nitrogens with zero attached hydrogens (tertiary/aromatic N) is 2. The number of nitrogen functional groups attached to an aromatic ring is 1. The number of hydrogen-bond donors (Lipinski definition) is 3. The molecule has 3 aromatic carbocycles. The molecule has 31 heavy (non-hydrogen) atoms. The molecule has 0 radical (unpaired) electrons. The van der Waals surface area contributed by atoms with Gasteiger partial charge in [-0.15, -0.1) is 0 Å². The summed E-state index contributed by atoms with van der Waals surface area (Å²) in [6, 6.07) is 15.9. The van der Waals surface area contributed by atoms with Crippen LogP contribution in [0.2, 0.25) is 10.0 Å². The van der Waals surface area contributed by atoms with Crippen LogP contribution in [-0.4, -0.2) is 26.0 Å². The van der Waals surface area contributed by atoms with E-state index in [-0.39, 0.29) is 39.1 Å². The molecule has 0 atom stereocenters. The third-order valence-electron chi connectivity index (χ3n) is 4.73. The fraction of sp³-hybridized carbons (Fsp3) is 0.0909. The third kappa shape index (κ3) is 4.39. The van der Waals surface area contributed by atoms with Gasteiger partial charge in [0.2, 0.25) is 0 Å². The summed E-state index contributed by atoms with van der Waals surface area (Å²) in [6.45, 7) is 0.552. The van der Waals surface area contributed by atoms with Gasteiger partial charge >= 0.3 is 0 Å². The third-order valence-corrected chi connectivity index (χ3v) is 6.36. The van der Waals surface area contributed by atoms with Crippen LogP contribution in [0.25, 0.3) is 10.2 Å². The average Bonchev–Trinajstić information content (AvgIpc) is 3.15. The van der Waals surface area contributed by atoms with Crippen LogP contribution in [-0.2, 0) is 13.1 Å². The number of phenols is 2. The number of hydrogen-bond acceptors (Lipinski definition) is 6. The summed E-state index contributed by atoms with van der Waals surface area (Å²) in [5.41, 5.74) is 7.90. The zero-order valence-electron chi connectivity index (χ0n) is 16.0. The van der Waals surface area contributed by atoms with E-state index in [0.29, 0.717) is 16.6 Å². The summed E-state index contributed by atoms with van der Waals surface area (Å²) in [5.74, 6) is -1.13. The Hall–Kier alpha value is -3.00. The van der Waals surface area contributed by atoms with Gasteiger partial charge in [0.05, 0.1) is 15.6 Å². The molecule has 6 nitrogen and oxygen atoms in total. The van der Waals surface area contributed by atoms with Crippen molar-refractivity contribution in [1.29, 1.82) is 0 Å². The van der Waals surface area contributed by atoms with E-state index < -0.39 is 5.75 Å². The molecule has 4 N–H and O–H groups in total. The Bertz CT molecular complexity index is 1280. The SMILES string of the molecule is Nc1nc2c(C(=O)N(Cc3ccccc3)Cc3ccc(Cl)c(Cl)c3)cc(O)c(O)c2s1. The number of nitrogens with two attached hydrogens (primary N) is 1. The van der Waals surface area contributed by atoms with E-state index in [9.17, 15) is 15.0 Å². The number of fused-ring (bicyclic) bond motifs is 1. The zero-order valence-corrected chi connectivity index (χ0v) is 18.4. The van der Waals surface area contributed by atoms with E-state index in [1.807, 2.05) is 30.3 Å². The van der Waals surface area contributed by atoms with Gasteiger partial charge in [-0.3, -0.25) is 4.79 Å². The molecule has 0 aliphatic rings. The smallest absolute Gasteiger partial charge is 0.256 e. The van der Waals surface area contributed by atoms with Crippen molar-refractivity contribution in [1.82, 2.24) is 9.88 Å². The first-order valence-electron chi connectivity index (χ1n) is 9.21. The van der Waals surface area contributed by atoms with Crippen LogP contribution < -0.4 is 5.73 Å². The number of thiazole rings is 1. The molecule has 0 aliphatic heterocycles. The lowest BCUT2D eigenvalue weighted by atomic mass is 10.1. The normalized spacial score (nSPS) is 11.0. The lowest BCUT2D eigenvalue weighted by Gasteiger charge is -2.24. The van der Waals surface area contributed by atoms with Gasteiger partial charge in [0.1, 0.15) is 10.2 Å². The van der Waals surface area contributed by atoms with E-state index >= 15 is 0 Å². The van der Waals surface area contributed by atoms with Crippen molar-refractivity contribution in [3.63, 3.8) is 0 Å². The molecular weight excluding hydrogens is 457 g/mol. The monoisotopic (exact) mass is 473 g/mol. The number of carbonyl (C=O) groups excluding carboxylic acids is 1. The molecule has 9 heteroatoms. The summed E-state index contributed by atoms with van der Waals surface area (Å²) in [7, 11) is 0. The first kappa shape index (κ1) is 21.2. The second-order valence-corrected chi connectivity index (χ2v) is 8.76. The molecule has 1 amide bonds. The molecule has 0 saturated heterocycles. The Kier molecular flexibility index (Phi) is 5.91. The molecule has 0 spiro atoms. The van der Waals surface area contributed by atoms with Gasteiger partial charge in [0.25, 0.3) is 5.91 Å². The predicted molar refractivity (Wildman–Crippen MR) is 124 cm³/mol. The van der Waals surface area contributed by atoms with Crippen molar-refractivity contribution in [3.8, 4) is 11.5 Å². The summed E-state index contributed by atoms with van der Waals surface area (Å²) in [6.07, 6.45) is 0. The van der Waals surface area contributed by atoms with Gasteiger partial charge < -0.3 is 20.8 Å². The molecule has 1 heterocycles. The molecular formula is C22H17Cl2N3O3S. The summed E-state index contributed by atoms with van der Waals surface area (Å²) >= 11 is 13.2. The van der Waals surface area contributed by atoms with Crippen LogP contribution in [0.1, 0.15) is 21.5 Å². The van der Waals surface area contributed by atoms with Gasteiger partial charge in [-0.2, -0.15) is 0 Å². The van der Waals surface area contributed by atoms with Crippen molar-refractivity contribution < 1.29 is 15.0 Å². The second kappa shape index (κ2) is 8.63. The second-order valence-electron chi connectivity index (χ2n) is 6.92. The minimum Gasteiger partial charge on any atom is -0.504 e. The number of halogens is 2. The standard InChI is InChI=1S/C22H17Cl2N3O3S/c23-15-7-6-13(8-16(15)24)11-27(10-12-4-2-1-3-5-12)21(30)14-9-17(28)19(29)20-18(14)26-22(25)31-20/h1-9,28-29H,10-11H2,(H2,25,26). The lowest BCUT2D eigenvalue weighted by molar-refractivity contribution is 0.0731. The minimum atomic E-state index is -0.409. The maximum Gasteiger partial charge on any atom is 0.256 e. The summed E-state index contributed by atoms with van der Waals surface area (Å²) in [4.78, 5) is 19.4. The lowest BCUT2D eigenvalue weighted by Crippen LogP contribution is -2.30. The van der Waals surface area contributed by atoms with E-state index in [0.717, 1.165) is 22.5 Å². The number of aromatic nitrogens is 1. The largest absolute Gasteiger partial charge is 0.504 e. The first-order valence-corrected chi connectivity index (χ1v) is 10.8. The Labute approximate surface area is 192 Å². The molecule has 4 aromatic rings. The average molecular weight is 474 g/mol. The number of phenolic OH excluding ortho intramolecular Hbond substituents is 2. The molecule has 0 fully saturated rings. The van der Waals surface area contributed by atoms with Gasteiger partial charge in [-0.05, 0) is 29.3 Å². The van der Waals surface area contributed by atoms with E-state index in [1.165, 1.54) is 6.07 Å². The minimum absolute atomic E-state index is 0.147. The highest BCUT2D eigenvalue weighted by molar-refractivity contribution is 7.22. The number of rotatable bonds is 5. The fourth-order valence-corrected chi connectivity index (χ4v) is 4.38. The highest BCUT2D eigenvalue weighted by atomic mass is 35.5. The van der Waals surface area contributed by atoms with E-state index in [2.05, 4.69) is 4.98 Å². The predicted octanol–water partition coefficient (Wildman–Crippen LogP) is 5.44. The summed E-state index contributed by atoms with van der Waals surface area (Å²) < 4.78 is 0.259. The van der Waals surface area contributed by atoms with Gasteiger partial charge in [-0.25, -0.2) is 4.98 Å². The highest BCUT2D eigenvalue weighted by Crippen LogP contribution is 2.41. The van der Waals surface area contributed by atoms with Crippen molar-refractivity contribution in [2.45, 2.75) is 13.1 Å². The highest BCUT2D eigenvalue weighted by Gasteiger charge is 2.24. The fourth-order valence-electron chi connectivity index (χ4n) is 3.26. The Morgan fingerprint density at radius 3 is 2.42 bits per heavy atom. The van der Waals surface area contributed by atoms with E-state index in [4.69, 9.17) is 28.9 Å². The van der Waals surface area contributed by atoms with Gasteiger partial charge in [0, 0.05) is 13.1 Å². The van der Waals surface area contributed by atoms with Crippen LogP contribution in [0.3, 0.4) is 0 Å². The molecule has 1 aromatic heterocycles. The number of aromatic hydroxyl groups is 2. The van der Waals surface area contributed by atoms with Crippen LogP contribution >= 0.6 is 34.5 Å².